The van der Waals surface area contributed by atoms with Crippen LogP contribution >= 0.6 is 11.8 Å². The lowest BCUT2D eigenvalue weighted by atomic mass is 10.1. The summed E-state index contributed by atoms with van der Waals surface area (Å²) in [6.45, 7) is 7.45. The van der Waals surface area contributed by atoms with Gasteiger partial charge in [-0.05, 0) is 5.92 Å². The molecular weight excluding hydrogens is 250 g/mol. The molecule has 3 N–H and O–H groups in total. The van der Waals surface area contributed by atoms with E-state index in [-0.39, 0.29) is 24.3 Å². The number of carbonyl (C=O) groups excluding carboxylic acids is 2. The van der Waals surface area contributed by atoms with E-state index in [1.807, 2.05) is 30.5 Å². The number of hydrogen-bond acceptors (Lipinski definition) is 4. The molecule has 0 aromatic heterocycles. The predicted molar refractivity (Wildman–Crippen MR) is 74.3 cm³/mol. The molecule has 1 aliphatic heterocycles. The van der Waals surface area contributed by atoms with Crippen molar-refractivity contribution in [3.8, 4) is 0 Å². The van der Waals surface area contributed by atoms with Gasteiger partial charge in [-0.15, -0.1) is 0 Å². The van der Waals surface area contributed by atoms with Gasteiger partial charge in [0, 0.05) is 24.1 Å². The quantitative estimate of drug-likeness (QED) is 0.759. The highest BCUT2D eigenvalue weighted by Crippen LogP contribution is 2.17. The molecule has 1 fully saturated rings. The van der Waals surface area contributed by atoms with E-state index >= 15 is 0 Å². The summed E-state index contributed by atoms with van der Waals surface area (Å²) in [7, 11) is 0. The number of carbonyl (C=O) groups is 2. The molecule has 2 atom stereocenters. The molecular formula is C12H23N3O2S. The maximum Gasteiger partial charge on any atom is 0.242 e. The van der Waals surface area contributed by atoms with Crippen LogP contribution < -0.4 is 11.1 Å². The topological polar surface area (TPSA) is 75.4 Å². The van der Waals surface area contributed by atoms with E-state index in [9.17, 15) is 9.59 Å². The van der Waals surface area contributed by atoms with Crippen molar-refractivity contribution in [2.45, 2.75) is 32.1 Å². The van der Waals surface area contributed by atoms with Crippen LogP contribution in [0.1, 0.15) is 20.8 Å². The van der Waals surface area contributed by atoms with Gasteiger partial charge in [0.15, 0.2) is 0 Å². The van der Waals surface area contributed by atoms with Crippen LogP contribution in [0.4, 0.5) is 0 Å². The Hall–Kier alpha value is -0.750. The van der Waals surface area contributed by atoms with Crippen molar-refractivity contribution in [1.82, 2.24) is 10.2 Å². The van der Waals surface area contributed by atoms with Crippen LogP contribution in [-0.4, -0.2) is 53.4 Å². The maximum atomic E-state index is 11.9. The highest BCUT2D eigenvalue weighted by atomic mass is 32.2. The van der Waals surface area contributed by atoms with Crippen molar-refractivity contribution in [3.63, 3.8) is 0 Å². The smallest absolute Gasteiger partial charge is 0.242 e. The molecule has 1 heterocycles. The third-order valence-corrected chi connectivity index (χ3v) is 4.16. The maximum absolute atomic E-state index is 11.9. The summed E-state index contributed by atoms with van der Waals surface area (Å²) in [5.41, 5.74) is 5.71. The van der Waals surface area contributed by atoms with E-state index in [0.717, 1.165) is 18.8 Å². The van der Waals surface area contributed by atoms with Gasteiger partial charge in [-0.2, -0.15) is 11.8 Å². The second-order valence-corrected chi connectivity index (χ2v) is 6.56. The minimum atomic E-state index is -0.548. The van der Waals surface area contributed by atoms with E-state index in [2.05, 4.69) is 12.2 Å². The lowest BCUT2D eigenvalue weighted by Gasteiger charge is -2.30. The van der Waals surface area contributed by atoms with Crippen LogP contribution in [0.15, 0.2) is 0 Å². The van der Waals surface area contributed by atoms with E-state index in [0.29, 0.717) is 5.25 Å². The first-order valence-electron chi connectivity index (χ1n) is 6.34. The Morgan fingerprint density at radius 1 is 1.50 bits per heavy atom. The number of nitrogens with one attached hydrogen (secondary N) is 1. The van der Waals surface area contributed by atoms with Gasteiger partial charge in [0.05, 0.1) is 12.6 Å². The molecule has 2 amide bonds. The first-order valence-corrected chi connectivity index (χ1v) is 7.39. The van der Waals surface area contributed by atoms with Crippen LogP contribution in [0.2, 0.25) is 0 Å². The summed E-state index contributed by atoms with van der Waals surface area (Å²) >= 11 is 1.87. The van der Waals surface area contributed by atoms with Crippen molar-refractivity contribution in [1.29, 1.82) is 0 Å². The van der Waals surface area contributed by atoms with Crippen molar-refractivity contribution in [3.05, 3.63) is 0 Å². The lowest BCUT2D eigenvalue weighted by Crippen LogP contribution is -2.49. The molecule has 0 aromatic carbocycles. The van der Waals surface area contributed by atoms with E-state index in [1.54, 1.807) is 0 Å². The first-order chi connectivity index (χ1) is 8.41. The molecule has 18 heavy (non-hydrogen) atoms. The molecule has 1 rings (SSSR count). The van der Waals surface area contributed by atoms with Gasteiger partial charge in [0.25, 0.3) is 0 Å². The van der Waals surface area contributed by atoms with Gasteiger partial charge in [0.1, 0.15) is 0 Å². The molecule has 6 heteroatoms. The van der Waals surface area contributed by atoms with Gasteiger partial charge in [-0.25, -0.2) is 0 Å². The molecule has 104 valence electrons. The molecule has 0 spiro atoms. The van der Waals surface area contributed by atoms with Gasteiger partial charge in [-0.3, -0.25) is 9.59 Å². The Balaban J connectivity index is 2.34. The molecule has 0 saturated carbocycles. The number of thioether (sulfide) groups is 1. The summed E-state index contributed by atoms with van der Waals surface area (Å²) in [5.74, 6) is 0.766. The minimum Gasteiger partial charge on any atom is -0.346 e. The van der Waals surface area contributed by atoms with E-state index < -0.39 is 6.04 Å². The van der Waals surface area contributed by atoms with Gasteiger partial charge in [0.2, 0.25) is 11.8 Å². The molecule has 1 aliphatic rings. The van der Waals surface area contributed by atoms with E-state index in [1.165, 1.54) is 0 Å². The highest BCUT2D eigenvalue weighted by molar-refractivity contribution is 7.99. The second-order valence-electron chi connectivity index (χ2n) is 5.01. The zero-order valence-electron chi connectivity index (χ0n) is 11.3. The minimum absolute atomic E-state index is 0.0218. The average Bonchev–Trinajstić information content (AvgIpc) is 2.34. The molecule has 5 nitrogen and oxygen atoms in total. The zero-order valence-corrected chi connectivity index (χ0v) is 12.1. The summed E-state index contributed by atoms with van der Waals surface area (Å²) in [6.07, 6.45) is 0. The van der Waals surface area contributed by atoms with Crippen LogP contribution in [0.3, 0.4) is 0 Å². The van der Waals surface area contributed by atoms with Gasteiger partial charge in [-0.1, -0.05) is 20.8 Å². The number of rotatable bonds is 4. The summed E-state index contributed by atoms with van der Waals surface area (Å²) in [4.78, 5) is 25.3. The van der Waals surface area contributed by atoms with Crippen LogP contribution in [0, 0.1) is 5.92 Å². The highest BCUT2D eigenvalue weighted by Gasteiger charge is 2.23. The number of hydrogen-bond donors (Lipinski definition) is 2. The van der Waals surface area contributed by atoms with Gasteiger partial charge < -0.3 is 16.0 Å². The Morgan fingerprint density at radius 3 is 2.72 bits per heavy atom. The molecule has 0 aliphatic carbocycles. The standard InChI is InChI=1S/C12H23N3O2S/c1-8(2)11(13)12(17)14-6-10(16)15-4-5-18-9(3)7-15/h8-9,11H,4-7,13H2,1-3H3,(H,14,17)/t9?,11-/m0/s1. The largest absolute Gasteiger partial charge is 0.346 e. The third-order valence-electron chi connectivity index (χ3n) is 3.03. The van der Waals surface area contributed by atoms with Crippen molar-refractivity contribution in [2.75, 3.05) is 25.4 Å². The van der Waals surface area contributed by atoms with Crippen molar-refractivity contribution in [2.24, 2.45) is 11.7 Å². The SMILES string of the molecule is CC1CN(C(=O)CNC(=O)[C@@H](N)C(C)C)CCS1. The fourth-order valence-corrected chi connectivity index (χ4v) is 2.75. The van der Waals surface area contributed by atoms with Crippen LogP contribution in [0.5, 0.6) is 0 Å². The van der Waals surface area contributed by atoms with Crippen molar-refractivity contribution >= 4 is 23.6 Å². The number of nitrogens with zero attached hydrogens (tertiary/aromatic N) is 1. The fraction of sp³-hybridized carbons (Fsp3) is 0.833. The van der Waals surface area contributed by atoms with E-state index in [4.69, 9.17) is 5.73 Å². The lowest BCUT2D eigenvalue weighted by molar-refractivity contribution is -0.133. The van der Waals surface area contributed by atoms with Crippen LogP contribution in [-0.2, 0) is 9.59 Å². The Labute approximate surface area is 113 Å². The fourth-order valence-electron chi connectivity index (χ4n) is 1.74. The Morgan fingerprint density at radius 2 is 2.17 bits per heavy atom. The molecule has 1 saturated heterocycles. The molecule has 0 aromatic rings. The molecule has 0 radical (unpaired) electrons. The number of nitrogens with two attached hydrogens (primary N) is 1. The molecule has 0 bridgehead atoms. The van der Waals surface area contributed by atoms with Crippen LogP contribution in [0.25, 0.3) is 0 Å². The summed E-state index contributed by atoms with van der Waals surface area (Å²) in [6, 6.07) is -0.548. The zero-order chi connectivity index (χ0) is 13.7. The third kappa shape index (κ3) is 4.49. The average molecular weight is 273 g/mol. The predicted octanol–water partition coefficient (Wildman–Crippen LogP) is 0.0498. The monoisotopic (exact) mass is 273 g/mol. The summed E-state index contributed by atoms with van der Waals surface area (Å²) < 4.78 is 0. The Kier molecular flexibility index (Phi) is 5.95. The van der Waals surface area contributed by atoms with Crippen molar-refractivity contribution < 1.29 is 9.59 Å². The number of amides is 2. The Bertz CT molecular complexity index is 310. The van der Waals surface area contributed by atoms with Gasteiger partial charge >= 0.3 is 0 Å². The molecule has 1 unspecified atom stereocenters. The normalized spacial score (nSPS) is 21.8. The second kappa shape index (κ2) is 6.99. The first kappa shape index (κ1) is 15.3. The summed E-state index contributed by atoms with van der Waals surface area (Å²) in [5, 5.41) is 3.08.